The van der Waals surface area contributed by atoms with Gasteiger partial charge in [0.15, 0.2) is 0 Å². The second-order valence-corrected chi connectivity index (χ2v) is 6.26. The Balaban J connectivity index is 3.42. The van der Waals surface area contributed by atoms with Crippen LogP contribution in [0.4, 0.5) is 0 Å². The molecule has 0 aliphatic heterocycles. The molecule has 0 heterocycles. The molecule has 0 fully saturated rings. The summed E-state index contributed by atoms with van der Waals surface area (Å²) in [6.45, 7) is 2.55. The van der Waals surface area contributed by atoms with Crippen LogP contribution < -0.4 is 5.32 Å². The Labute approximate surface area is 148 Å². The van der Waals surface area contributed by atoms with Crippen LogP contribution in [0.1, 0.15) is 77.6 Å². The lowest BCUT2D eigenvalue weighted by Crippen LogP contribution is -2.25. The highest BCUT2D eigenvalue weighted by Crippen LogP contribution is 2.09. The van der Waals surface area contributed by atoms with Crippen molar-refractivity contribution in [2.45, 2.75) is 83.7 Å². The number of hydrogen-bond donors (Lipinski definition) is 3. The number of allylic oxidation sites excluding steroid dienone is 3. The van der Waals surface area contributed by atoms with E-state index in [0.717, 1.165) is 44.9 Å². The fraction of sp³-hybridized carbons (Fsp3) is 0.750. The fourth-order valence-corrected chi connectivity index (χ4v) is 2.43. The quantitative estimate of drug-likeness (QED) is 0.295. The fourth-order valence-electron chi connectivity index (χ4n) is 2.43. The normalized spacial score (nSPS) is 13.0. The average Bonchev–Trinajstić information content (AvgIpc) is 2.58. The minimum Gasteiger partial charge on any atom is -0.395 e. The topological polar surface area (TPSA) is 69.6 Å². The van der Waals surface area contributed by atoms with Crippen molar-refractivity contribution in [2.75, 3.05) is 13.2 Å². The summed E-state index contributed by atoms with van der Waals surface area (Å²) in [7, 11) is 0. The molecule has 0 aromatic carbocycles. The first-order valence-electron chi connectivity index (χ1n) is 9.59. The summed E-state index contributed by atoms with van der Waals surface area (Å²) in [5.74, 6) is 0.0207. The second kappa shape index (κ2) is 18.2. The molecule has 4 heteroatoms. The second-order valence-electron chi connectivity index (χ2n) is 6.26. The van der Waals surface area contributed by atoms with Crippen molar-refractivity contribution in [1.29, 1.82) is 0 Å². The number of carbonyl (C=O) groups excluding carboxylic acids is 1. The SMILES string of the molecule is CCCCC/C=C\C=C\[C@H](O)CCCCCCCC(=O)NCCO. The van der Waals surface area contributed by atoms with E-state index in [2.05, 4.69) is 18.3 Å². The van der Waals surface area contributed by atoms with Gasteiger partial charge < -0.3 is 15.5 Å². The summed E-state index contributed by atoms with van der Waals surface area (Å²) in [5, 5.41) is 21.1. The van der Waals surface area contributed by atoms with Gasteiger partial charge in [0, 0.05) is 13.0 Å². The van der Waals surface area contributed by atoms with E-state index in [9.17, 15) is 9.90 Å². The summed E-state index contributed by atoms with van der Waals surface area (Å²) in [6, 6.07) is 0. The Hall–Kier alpha value is -1.13. The van der Waals surface area contributed by atoms with E-state index in [1.165, 1.54) is 19.3 Å². The van der Waals surface area contributed by atoms with Crippen LogP contribution in [0.25, 0.3) is 0 Å². The average molecular weight is 340 g/mol. The van der Waals surface area contributed by atoms with Gasteiger partial charge in [-0.25, -0.2) is 0 Å². The smallest absolute Gasteiger partial charge is 0.220 e. The Morgan fingerprint density at radius 1 is 1.04 bits per heavy atom. The van der Waals surface area contributed by atoms with Gasteiger partial charge in [-0.3, -0.25) is 4.79 Å². The molecule has 1 atom stereocenters. The molecule has 0 unspecified atom stereocenters. The lowest BCUT2D eigenvalue weighted by Gasteiger charge is -2.05. The number of aliphatic hydroxyl groups is 2. The van der Waals surface area contributed by atoms with E-state index >= 15 is 0 Å². The summed E-state index contributed by atoms with van der Waals surface area (Å²) in [5.41, 5.74) is 0. The molecule has 1 amide bonds. The number of rotatable bonds is 16. The lowest BCUT2D eigenvalue weighted by molar-refractivity contribution is -0.121. The third-order valence-electron chi connectivity index (χ3n) is 3.89. The maximum atomic E-state index is 11.3. The molecule has 0 aromatic rings. The summed E-state index contributed by atoms with van der Waals surface area (Å²) >= 11 is 0. The van der Waals surface area contributed by atoms with E-state index in [1.54, 1.807) is 0 Å². The zero-order valence-electron chi connectivity index (χ0n) is 15.4. The molecule has 3 N–H and O–H groups in total. The largest absolute Gasteiger partial charge is 0.395 e. The maximum Gasteiger partial charge on any atom is 0.220 e. The molecule has 24 heavy (non-hydrogen) atoms. The van der Waals surface area contributed by atoms with Crippen molar-refractivity contribution in [3.63, 3.8) is 0 Å². The standard InChI is InChI=1S/C20H37NO3/c1-2-3-4-5-6-8-11-14-19(23)15-12-9-7-10-13-16-20(24)21-17-18-22/h6,8,11,14,19,22-23H,2-5,7,9-10,12-13,15-18H2,1H3,(H,21,24)/b8-6-,14-11+/t19-/m0/s1. The Bertz CT molecular complexity index is 340. The molecule has 0 spiro atoms. The Morgan fingerprint density at radius 2 is 1.79 bits per heavy atom. The van der Waals surface area contributed by atoms with Gasteiger partial charge in [-0.2, -0.15) is 0 Å². The van der Waals surface area contributed by atoms with Gasteiger partial charge in [-0.1, -0.05) is 69.8 Å². The zero-order chi connectivity index (χ0) is 17.9. The number of aliphatic hydroxyl groups excluding tert-OH is 2. The molecule has 0 bridgehead atoms. The summed E-state index contributed by atoms with van der Waals surface area (Å²) < 4.78 is 0. The maximum absolute atomic E-state index is 11.3. The van der Waals surface area contributed by atoms with E-state index in [4.69, 9.17) is 5.11 Å². The number of hydrogen-bond acceptors (Lipinski definition) is 3. The molecule has 0 aliphatic rings. The van der Waals surface area contributed by atoms with E-state index in [0.29, 0.717) is 13.0 Å². The van der Waals surface area contributed by atoms with Crippen molar-refractivity contribution in [2.24, 2.45) is 0 Å². The molecule has 0 aromatic heterocycles. The van der Waals surface area contributed by atoms with Gasteiger partial charge in [0.1, 0.15) is 0 Å². The van der Waals surface area contributed by atoms with Gasteiger partial charge in [0.2, 0.25) is 5.91 Å². The zero-order valence-corrected chi connectivity index (χ0v) is 15.4. The van der Waals surface area contributed by atoms with Crippen LogP contribution in [0.15, 0.2) is 24.3 Å². The van der Waals surface area contributed by atoms with Gasteiger partial charge in [0.05, 0.1) is 12.7 Å². The molecular weight excluding hydrogens is 302 g/mol. The van der Waals surface area contributed by atoms with Crippen LogP contribution >= 0.6 is 0 Å². The van der Waals surface area contributed by atoms with Gasteiger partial charge in [-0.15, -0.1) is 0 Å². The van der Waals surface area contributed by atoms with Crippen LogP contribution in [0.2, 0.25) is 0 Å². The lowest BCUT2D eigenvalue weighted by atomic mass is 10.1. The third-order valence-corrected chi connectivity index (χ3v) is 3.89. The van der Waals surface area contributed by atoms with Crippen molar-refractivity contribution < 1.29 is 15.0 Å². The minimum atomic E-state index is -0.352. The van der Waals surface area contributed by atoms with E-state index < -0.39 is 0 Å². The van der Waals surface area contributed by atoms with E-state index in [-0.39, 0.29) is 18.6 Å². The van der Waals surface area contributed by atoms with Crippen molar-refractivity contribution in [3.05, 3.63) is 24.3 Å². The molecule has 140 valence electrons. The summed E-state index contributed by atoms with van der Waals surface area (Å²) in [6.07, 6.45) is 19.0. The Kier molecular flexibility index (Phi) is 17.4. The molecule has 4 nitrogen and oxygen atoms in total. The minimum absolute atomic E-state index is 0.00282. The number of amides is 1. The predicted molar refractivity (Wildman–Crippen MR) is 101 cm³/mol. The third kappa shape index (κ3) is 17.2. The summed E-state index contributed by atoms with van der Waals surface area (Å²) in [4.78, 5) is 11.3. The van der Waals surface area contributed by atoms with Gasteiger partial charge in [0.25, 0.3) is 0 Å². The molecule has 0 radical (unpaired) electrons. The van der Waals surface area contributed by atoms with Gasteiger partial charge in [-0.05, 0) is 25.7 Å². The highest BCUT2D eigenvalue weighted by atomic mass is 16.3. The first kappa shape index (κ1) is 22.9. The highest BCUT2D eigenvalue weighted by molar-refractivity contribution is 5.75. The molecule has 0 saturated heterocycles. The predicted octanol–water partition coefficient (Wildman–Crippen LogP) is 3.88. The highest BCUT2D eigenvalue weighted by Gasteiger charge is 2.01. The molecule has 0 aliphatic carbocycles. The molecule has 0 saturated carbocycles. The number of unbranched alkanes of at least 4 members (excludes halogenated alkanes) is 7. The van der Waals surface area contributed by atoms with Crippen LogP contribution in [0, 0.1) is 0 Å². The first-order valence-corrected chi connectivity index (χ1v) is 9.59. The van der Waals surface area contributed by atoms with Crippen LogP contribution in [0.5, 0.6) is 0 Å². The van der Waals surface area contributed by atoms with Crippen molar-refractivity contribution in [1.82, 2.24) is 5.32 Å². The van der Waals surface area contributed by atoms with Crippen molar-refractivity contribution >= 4 is 5.91 Å². The van der Waals surface area contributed by atoms with Crippen LogP contribution in [-0.4, -0.2) is 35.4 Å². The van der Waals surface area contributed by atoms with Crippen LogP contribution in [-0.2, 0) is 4.79 Å². The number of carbonyl (C=O) groups is 1. The molecule has 0 rings (SSSR count). The number of nitrogens with one attached hydrogen (secondary N) is 1. The first-order chi connectivity index (χ1) is 11.7. The van der Waals surface area contributed by atoms with Crippen LogP contribution in [0.3, 0.4) is 0 Å². The van der Waals surface area contributed by atoms with Gasteiger partial charge >= 0.3 is 0 Å². The van der Waals surface area contributed by atoms with Crippen molar-refractivity contribution in [3.8, 4) is 0 Å². The Morgan fingerprint density at radius 3 is 2.54 bits per heavy atom. The molecular formula is C20H37NO3. The monoisotopic (exact) mass is 339 g/mol. The van der Waals surface area contributed by atoms with E-state index in [1.807, 2.05) is 18.2 Å².